The zero-order valence-corrected chi connectivity index (χ0v) is 20.3. The molecule has 1 aromatic carbocycles. The van der Waals surface area contributed by atoms with Gasteiger partial charge in [-0.25, -0.2) is 0 Å². The minimum absolute atomic E-state index is 0.0182. The van der Waals surface area contributed by atoms with E-state index >= 15 is 0 Å². The molecule has 3 rings (SSSR count). The maximum atomic E-state index is 13.1. The van der Waals surface area contributed by atoms with E-state index in [1.54, 1.807) is 29.2 Å². The molecule has 1 fully saturated rings. The van der Waals surface area contributed by atoms with E-state index in [-0.39, 0.29) is 30.5 Å². The normalized spacial score (nSPS) is 15.3. The molecule has 1 aliphatic rings. The van der Waals surface area contributed by atoms with Gasteiger partial charge < -0.3 is 20.3 Å². The molecule has 8 nitrogen and oxygen atoms in total. The summed E-state index contributed by atoms with van der Waals surface area (Å²) in [7, 11) is 0. The highest BCUT2D eigenvalue weighted by Crippen LogP contribution is 2.23. The molecule has 0 bridgehead atoms. The Bertz CT molecular complexity index is 1050. The van der Waals surface area contributed by atoms with Crippen molar-refractivity contribution in [2.45, 2.75) is 19.1 Å². The van der Waals surface area contributed by atoms with Gasteiger partial charge >= 0.3 is 6.18 Å². The Morgan fingerprint density at radius 1 is 1.23 bits per heavy atom. The van der Waals surface area contributed by atoms with Crippen molar-refractivity contribution in [3.8, 4) is 0 Å². The van der Waals surface area contributed by atoms with Crippen LogP contribution in [0.4, 0.5) is 24.5 Å². The number of thiophene rings is 1. The molecule has 0 saturated carbocycles. The number of benzene rings is 1. The minimum atomic E-state index is -4.54. The van der Waals surface area contributed by atoms with Crippen LogP contribution in [0.1, 0.15) is 16.6 Å². The number of amides is 3. The van der Waals surface area contributed by atoms with E-state index in [2.05, 4.69) is 10.6 Å². The maximum Gasteiger partial charge on any atom is 0.401 e. The first-order valence-corrected chi connectivity index (χ1v) is 11.9. The van der Waals surface area contributed by atoms with Gasteiger partial charge in [-0.15, -0.1) is 11.3 Å². The van der Waals surface area contributed by atoms with Gasteiger partial charge in [0, 0.05) is 24.5 Å². The molecule has 3 amide bonds. The van der Waals surface area contributed by atoms with Crippen LogP contribution in [0.25, 0.3) is 0 Å². The fraction of sp³-hybridized carbons (Fsp3) is 0.409. The molecule has 0 unspecified atom stereocenters. The summed E-state index contributed by atoms with van der Waals surface area (Å²) in [6, 6.07) is 8.10. The molecular formula is C22H24ClF3N4O4S. The lowest BCUT2D eigenvalue weighted by molar-refractivity contribution is -0.153. The first kappa shape index (κ1) is 26.9. The molecule has 0 spiro atoms. The first-order valence-electron chi connectivity index (χ1n) is 10.7. The Kier molecular flexibility index (Phi) is 9.11. The van der Waals surface area contributed by atoms with Gasteiger partial charge in [-0.3, -0.25) is 19.3 Å². The molecule has 1 saturated heterocycles. The number of nitrogens with one attached hydrogen (secondary N) is 2. The quantitative estimate of drug-likeness (QED) is 0.517. The van der Waals surface area contributed by atoms with Crippen molar-refractivity contribution in [1.82, 2.24) is 10.2 Å². The molecule has 1 atom stereocenters. The van der Waals surface area contributed by atoms with Crippen LogP contribution in [0.5, 0.6) is 0 Å². The van der Waals surface area contributed by atoms with Crippen molar-refractivity contribution in [1.29, 1.82) is 0 Å². The van der Waals surface area contributed by atoms with Gasteiger partial charge in [0.2, 0.25) is 5.91 Å². The molecule has 0 aliphatic carbocycles. The summed E-state index contributed by atoms with van der Waals surface area (Å²) in [5.41, 5.74) is 0.950. The van der Waals surface area contributed by atoms with Crippen molar-refractivity contribution in [3.63, 3.8) is 0 Å². The molecule has 2 N–H and O–H groups in total. The average molecular weight is 533 g/mol. The van der Waals surface area contributed by atoms with Gasteiger partial charge in [0.1, 0.15) is 12.6 Å². The fourth-order valence-electron chi connectivity index (χ4n) is 3.51. The van der Waals surface area contributed by atoms with Gasteiger partial charge in [-0.05, 0) is 42.9 Å². The summed E-state index contributed by atoms with van der Waals surface area (Å²) in [5.74, 6) is -1.44. The van der Waals surface area contributed by atoms with Crippen LogP contribution in [0, 0.1) is 0 Å². The number of ether oxygens (including phenoxy) is 1. The summed E-state index contributed by atoms with van der Waals surface area (Å²) < 4.78 is 44.9. The number of nitrogens with zero attached hydrogens (tertiary/aromatic N) is 2. The highest BCUT2D eigenvalue weighted by molar-refractivity contribution is 7.18. The number of alkyl halides is 3. The Balaban J connectivity index is 1.72. The van der Waals surface area contributed by atoms with Gasteiger partial charge in [0.15, 0.2) is 0 Å². The number of anilines is 2. The number of hydrogen-bond donors (Lipinski definition) is 2. The molecule has 190 valence electrons. The SMILES string of the molecule is CCN(CC(F)(F)F)[C@@H](CNC(=O)c1ccc(Cl)s1)C(=O)Nc1ccc(N2CCOCC2=O)cc1. The molecule has 1 aliphatic heterocycles. The highest BCUT2D eigenvalue weighted by atomic mass is 35.5. The summed E-state index contributed by atoms with van der Waals surface area (Å²) >= 11 is 6.85. The summed E-state index contributed by atoms with van der Waals surface area (Å²) in [6.45, 7) is 0.546. The number of halogens is 4. The zero-order valence-electron chi connectivity index (χ0n) is 18.7. The molecule has 2 aromatic rings. The Hall–Kier alpha value is -2.67. The number of carbonyl (C=O) groups excluding carboxylic acids is 3. The lowest BCUT2D eigenvalue weighted by atomic mass is 10.2. The predicted molar refractivity (Wildman–Crippen MR) is 127 cm³/mol. The lowest BCUT2D eigenvalue weighted by Crippen LogP contribution is -2.53. The third-order valence-electron chi connectivity index (χ3n) is 5.22. The van der Waals surface area contributed by atoms with Crippen molar-refractivity contribution in [2.24, 2.45) is 0 Å². The Labute approximate surface area is 209 Å². The summed E-state index contributed by atoms with van der Waals surface area (Å²) in [4.78, 5) is 40.2. The average Bonchev–Trinajstić information content (AvgIpc) is 3.25. The molecule has 1 aromatic heterocycles. The van der Waals surface area contributed by atoms with Crippen molar-refractivity contribution in [3.05, 3.63) is 45.6 Å². The fourth-order valence-corrected chi connectivity index (χ4v) is 4.47. The number of likely N-dealkylation sites (N-methyl/N-ethyl adjacent to an activating group) is 1. The van der Waals surface area contributed by atoms with Crippen LogP contribution >= 0.6 is 22.9 Å². The second-order valence-corrected chi connectivity index (χ2v) is 9.36. The summed E-state index contributed by atoms with van der Waals surface area (Å²) in [6.07, 6.45) is -4.54. The maximum absolute atomic E-state index is 13.1. The lowest BCUT2D eigenvalue weighted by Gasteiger charge is -2.30. The Morgan fingerprint density at radius 2 is 1.94 bits per heavy atom. The van der Waals surface area contributed by atoms with E-state index < -0.39 is 30.6 Å². The van der Waals surface area contributed by atoms with Crippen molar-refractivity contribution < 1.29 is 32.3 Å². The number of morpholine rings is 1. The van der Waals surface area contributed by atoms with Gasteiger partial charge in [-0.1, -0.05) is 18.5 Å². The first-order chi connectivity index (χ1) is 16.6. The predicted octanol–water partition coefficient (Wildman–Crippen LogP) is 3.39. The topological polar surface area (TPSA) is 91.0 Å². The smallest absolute Gasteiger partial charge is 0.370 e. The van der Waals surface area contributed by atoms with E-state index in [0.717, 1.165) is 16.2 Å². The van der Waals surface area contributed by atoms with Crippen LogP contribution in [-0.2, 0) is 14.3 Å². The molecule has 0 radical (unpaired) electrons. The number of rotatable bonds is 9. The van der Waals surface area contributed by atoms with E-state index in [1.165, 1.54) is 19.1 Å². The highest BCUT2D eigenvalue weighted by Gasteiger charge is 2.36. The second kappa shape index (κ2) is 11.8. The third kappa shape index (κ3) is 7.66. The van der Waals surface area contributed by atoms with Crippen LogP contribution < -0.4 is 15.5 Å². The van der Waals surface area contributed by atoms with E-state index in [4.69, 9.17) is 16.3 Å². The zero-order chi connectivity index (χ0) is 25.6. The van der Waals surface area contributed by atoms with Crippen LogP contribution in [0.2, 0.25) is 4.34 Å². The van der Waals surface area contributed by atoms with E-state index in [0.29, 0.717) is 28.9 Å². The van der Waals surface area contributed by atoms with Crippen molar-refractivity contribution in [2.75, 3.05) is 49.6 Å². The minimum Gasteiger partial charge on any atom is -0.370 e. The molecule has 35 heavy (non-hydrogen) atoms. The van der Waals surface area contributed by atoms with Gasteiger partial charge in [0.05, 0.1) is 22.4 Å². The van der Waals surface area contributed by atoms with E-state index in [9.17, 15) is 27.6 Å². The standard InChI is InChI=1S/C22H24ClF3N4O4S/c1-2-29(13-22(24,25)26)16(11-27-21(33)17-7-8-18(23)35-17)20(32)28-14-3-5-15(6-4-14)30-9-10-34-12-19(30)31/h3-8,16H,2,9-13H2,1H3,(H,27,33)(H,28,32)/t16-/m0/s1. The molecule has 13 heteroatoms. The number of hydrogen-bond acceptors (Lipinski definition) is 6. The van der Waals surface area contributed by atoms with Crippen LogP contribution in [0.3, 0.4) is 0 Å². The third-order valence-corrected chi connectivity index (χ3v) is 6.45. The van der Waals surface area contributed by atoms with Crippen LogP contribution in [-0.4, -0.2) is 74.2 Å². The largest absolute Gasteiger partial charge is 0.401 e. The van der Waals surface area contributed by atoms with E-state index in [1.807, 2.05) is 0 Å². The van der Waals surface area contributed by atoms with Gasteiger partial charge in [0.25, 0.3) is 11.8 Å². The monoisotopic (exact) mass is 532 g/mol. The number of carbonyl (C=O) groups is 3. The second-order valence-electron chi connectivity index (χ2n) is 7.64. The molecule has 2 heterocycles. The van der Waals surface area contributed by atoms with Crippen molar-refractivity contribution >= 4 is 52.0 Å². The van der Waals surface area contributed by atoms with Crippen LogP contribution in [0.15, 0.2) is 36.4 Å². The Morgan fingerprint density at radius 3 is 2.51 bits per heavy atom. The summed E-state index contributed by atoms with van der Waals surface area (Å²) in [5, 5.41) is 5.13. The van der Waals surface area contributed by atoms with Gasteiger partial charge in [-0.2, -0.15) is 13.2 Å². The molecular weight excluding hydrogens is 509 g/mol.